The Morgan fingerprint density at radius 3 is 2.81 bits per heavy atom. The van der Waals surface area contributed by atoms with Crippen LogP contribution in [0.15, 0.2) is 24.3 Å². The van der Waals surface area contributed by atoms with E-state index < -0.39 is 0 Å². The van der Waals surface area contributed by atoms with Crippen molar-refractivity contribution >= 4 is 5.91 Å². The number of piperidine rings is 1. The molecule has 0 bridgehead atoms. The summed E-state index contributed by atoms with van der Waals surface area (Å²) < 4.78 is 0. The first-order valence-electron chi connectivity index (χ1n) is 7.66. The Morgan fingerprint density at radius 1 is 1.38 bits per heavy atom. The van der Waals surface area contributed by atoms with E-state index in [1.165, 1.54) is 11.1 Å². The molecule has 1 N–H and O–H groups in total. The van der Waals surface area contributed by atoms with Gasteiger partial charge in [0.25, 0.3) is 5.91 Å². The van der Waals surface area contributed by atoms with Crippen LogP contribution in [0.25, 0.3) is 0 Å². The molecule has 1 amide bonds. The average Bonchev–Trinajstić information content (AvgIpc) is 2.47. The van der Waals surface area contributed by atoms with Gasteiger partial charge in [-0.25, -0.2) is 0 Å². The van der Waals surface area contributed by atoms with Gasteiger partial charge >= 0.3 is 0 Å². The van der Waals surface area contributed by atoms with Crippen molar-refractivity contribution < 1.29 is 4.79 Å². The molecule has 1 aliphatic rings. The van der Waals surface area contributed by atoms with Crippen LogP contribution >= 0.6 is 0 Å². The Bertz CT molecular complexity index is 534. The van der Waals surface area contributed by atoms with Crippen molar-refractivity contribution in [2.75, 3.05) is 19.6 Å². The molecule has 1 fully saturated rings. The molecule has 3 heteroatoms. The monoisotopic (exact) mass is 284 g/mol. The number of hydrogen-bond donors (Lipinski definition) is 1. The van der Waals surface area contributed by atoms with E-state index >= 15 is 0 Å². The van der Waals surface area contributed by atoms with E-state index in [0.29, 0.717) is 5.92 Å². The Balaban J connectivity index is 1.73. The molecule has 112 valence electrons. The molecule has 0 unspecified atom stereocenters. The number of carbonyl (C=O) groups excluding carboxylic acids is 1. The first-order chi connectivity index (χ1) is 10.2. The third kappa shape index (κ3) is 5.24. The van der Waals surface area contributed by atoms with Gasteiger partial charge in [-0.15, -0.1) is 0 Å². The lowest BCUT2D eigenvalue weighted by atomic mass is 9.96. The molecule has 1 aromatic rings. The third-order valence-electron chi connectivity index (χ3n) is 3.99. The number of likely N-dealkylation sites (tertiary alicyclic amines) is 1. The maximum absolute atomic E-state index is 11.3. The van der Waals surface area contributed by atoms with Crippen molar-refractivity contribution in [2.45, 2.75) is 33.2 Å². The van der Waals surface area contributed by atoms with E-state index in [-0.39, 0.29) is 5.91 Å². The lowest BCUT2D eigenvalue weighted by molar-refractivity contribution is -0.115. The highest BCUT2D eigenvalue weighted by atomic mass is 16.1. The molecule has 1 aromatic carbocycles. The zero-order valence-corrected chi connectivity index (χ0v) is 13.0. The second-order valence-electron chi connectivity index (χ2n) is 5.79. The summed E-state index contributed by atoms with van der Waals surface area (Å²) in [4.78, 5) is 13.8. The van der Waals surface area contributed by atoms with Gasteiger partial charge in [0.15, 0.2) is 0 Å². The highest BCUT2D eigenvalue weighted by Crippen LogP contribution is 2.18. The molecule has 0 spiro atoms. The lowest BCUT2D eigenvalue weighted by Gasteiger charge is -2.32. The molecule has 21 heavy (non-hydrogen) atoms. The molecule has 2 rings (SSSR count). The van der Waals surface area contributed by atoms with Crippen LogP contribution in [0.3, 0.4) is 0 Å². The van der Waals surface area contributed by atoms with Crippen molar-refractivity contribution in [3.63, 3.8) is 0 Å². The first-order valence-corrected chi connectivity index (χ1v) is 7.66. The van der Waals surface area contributed by atoms with Crippen LogP contribution in [0, 0.1) is 24.7 Å². The largest absolute Gasteiger partial charge is 0.345 e. The van der Waals surface area contributed by atoms with Crippen molar-refractivity contribution in [2.24, 2.45) is 5.92 Å². The predicted octanol–water partition coefficient (Wildman–Crippen LogP) is 2.35. The Hall–Kier alpha value is -1.79. The fourth-order valence-electron chi connectivity index (χ4n) is 2.81. The SMILES string of the molecule is CC#CC(=O)NCC1CCN(Cc2cccc(C)c2)CC1. The van der Waals surface area contributed by atoms with Crippen LogP contribution in [0.5, 0.6) is 0 Å². The Morgan fingerprint density at radius 2 is 2.14 bits per heavy atom. The number of rotatable bonds is 4. The molecule has 3 nitrogen and oxygen atoms in total. The van der Waals surface area contributed by atoms with Crippen molar-refractivity contribution in [1.82, 2.24) is 10.2 Å². The highest BCUT2D eigenvalue weighted by Gasteiger charge is 2.19. The van der Waals surface area contributed by atoms with Crippen LogP contribution in [-0.4, -0.2) is 30.4 Å². The lowest BCUT2D eigenvalue weighted by Crippen LogP contribution is -2.38. The van der Waals surface area contributed by atoms with Crippen molar-refractivity contribution in [3.05, 3.63) is 35.4 Å². The number of aryl methyl sites for hydroxylation is 1. The summed E-state index contributed by atoms with van der Waals surface area (Å²) in [5.41, 5.74) is 2.71. The normalized spacial score (nSPS) is 16.1. The summed E-state index contributed by atoms with van der Waals surface area (Å²) in [6.45, 7) is 7.82. The minimum atomic E-state index is -0.153. The maximum Gasteiger partial charge on any atom is 0.295 e. The maximum atomic E-state index is 11.3. The van der Waals surface area contributed by atoms with E-state index in [1.807, 2.05) is 0 Å². The standard InChI is InChI=1S/C18H24N2O/c1-3-5-18(21)19-13-16-8-10-20(11-9-16)14-17-7-4-6-15(2)12-17/h4,6-7,12,16H,8-11,13-14H2,1-2H3,(H,19,21). The third-order valence-corrected chi connectivity index (χ3v) is 3.99. The summed E-state index contributed by atoms with van der Waals surface area (Å²) in [5.74, 6) is 5.58. The van der Waals surface area contributed by atoms with Gasteiger partial charge in [-0.05, 0) is 57.2 Å². The van der Waals surface area contributed by atoms with Crippen LogP contribution in [-0.2, 0) is 11.3 Å². The molecule has 1 heterocycles. The van der Waals surface area contributed by atoms with E-state index in [4.69, 9.17) is 0 Å². The smallest absolute Gasteiger partial charge is 0.295 e. The number of carbonyl (C=O) groups is 1. The topological polar surface area (TPSA) is 32.3 Å². The van der Waals surface area contributed by atoms with Gasteiger partial charge in [-0.1, -0.05) is 35.7 Å². The molecular formula is C18H24N2O. The fraction of sp³-hybridized carbons (Fsp3) is 0.500. The second kappa shape index (κ2) is 7.85. The zero-order chi connectivity index (χ0) is 15.1. The van der Waals surface area contributed by atoms with Gasteiger partial charge in [0.05, 0.1) is 0 Å². The second-order valence-corrected chi connectivity index (χ2v) is 5.79. The van der Waals surface area contributed by atoms with Crippen molar-refractivity contribution in [3.8, 4) is 11.8 Å². The minimum Gasteiger partial charge on any atom is -0.345 e. The Kier molecular flexibility index (Phi) is 5.83. The number of hydrogen-bond acceptors (Lipinski definition) is 2. The molecule has 0 atom stereocenters. The molecule has 1 aliphatic heterocycles. The van der Waals surface area contributed by atoms with Gasteiger partial charge in [0.2, 0.25) is 0 Å². The van der Waals surface area contributed by atoms with Crippen LogP contribution in [0.1, 0.15) is 30.9 Å². The van der Waals surface area contributed by atoms with E-state index in [0.717, 1.165) is 39.0 Å². The summed E-state index contributed by atoms with van der Waals surface area (Å²) in [5, 5.41) is 2.89. The number of nitrogens with zero attached hydrogens (tertiary/aromatic N) is 1. The summed E-state index contributed by atoms with van der Waals surface area (Å²) in [6, 6.07) is 8.72. The van der Waals surface area contributed by atoms with Crippen LogP contribution < -0.4 is 5.32 Å². The summed E-state index contributed by atoms with van der Waals surface area (Å²) in [7, 11) is 0. The highest BCUT2D eigenvalue weighted by molar-refractivity contribution is 5.93. The van der Waals surface area contributed by atoms with E-state index in [1.54, 1.807) is 6.92 Å². The van der Waals surface area contributed by atoms with Gasteiger partial charge in [0.1, 0.15) is 0 Å². The Labute approximate surface area is 127 Å². The minimum absolute atomic E-state index is 0.153. The molecule has 0 radical (unpaired) electrons. The number of benzene rings is 1. The van der Waals surface area contributed by atoms with Crippen LogP contribution in [0.2, 0.25) is 0 Å². The first kappa shape index (κ1) is 15.6. The summed E-state index contributed by atoms with van der Waals surface area (Å²) >= 11 is 0. The van der Waals surface area contributed by atoms with Gasteiger partial charge in [-0.2, -0.15) is 0 Å². The van der Waals surface area contributed by atoms with Crippen LogP contribution in [0.4, 0.5) is 0 Å². The number of nitrogens with one attached hydrogen (secondary N) is 1. The zero-order valence-electron chi connectivity index (χ0n) is 13.0. The molecule has 0 aliphatic carbocycles. The molecule has 0 saturated carbocycles. The average molecular weight is 284 g/mol. The van der Waals surface area contributed by atoms with Gasteiger partial charge in [0, 0.05) is 13.1 Å². The summed E-state index contributed by atoms with van der Waals surface area (Å²) in [6.07, 6.45) is 2.29. The molecule has 1 saturated heterocycles. The van der Waals surface area contributed by atoms with E-state index in [9.17, 15) is 4.79 Å². The molecule has 0 aromatic heterocycles. The van der Waals surface area contributed by atoms with E-state index in [2.05, 4.69) is 53.2 Å². The van der Waals surface area contributed by atoms with Gasteiger partial charge in [-0.3, -0.25) is 9.69 Å². The van der Waals surface area contributed by atoms with Gasteiger partial charge < -0.3 is 5.32 Å². The van der Waals surface area contributed by atoms with Crippen molar-refractivity contribution in [1.29, 1.82) is 0 Å². The fourth-order valence-corrected chi connectivity index (χ4v) is 2.81. The quantitative estimate of drug-likeness (QED) is 0.861. The predicted molar refractivity (Wildman–Crippen MR) is 85.6 cm³/mol. The number of amides is 1. The molecular weight excluding hydrogens is 260 g/mol.